The van der Waals surface area contributed by atoms with Crippen LogP contribution in [0.3, 0.4) is 0 Å². The summed E-state index contributed by atoms with van der Waals surface area (Å²) in [5, 5.41) is 2.16. The second-order valence-corrected chi connectivity index (χ2v) is 5.07. The Balaban J connectivity index is 2.39. The van der Waals surface area contributed by atoms with Gasteiger partial charge in [-0.2, -0.15) is 0 Å². The molecule has 2 heteroatoms. The molecular weight excluding hydrogens is 178 g/mol. The second kappa shape index (κ2) is 4.77. The molecule has 1 atom stereocenters. The summed E-state index contributed by atoms with van der Waals surface area (Å²) in [6.45, 7) is 6.55. The molecule has 0 fully saturated rings. The fraction of sp³-hybridized carbons (Fsp3) is 0.636. The maximum Gasteiger partial charge on any atom is 0.00650 e. The summed E-state index contributed by atoms with van der Waals surface area (Å²) in [7, 11) is 0. The van der Waals surface area contributed by atoms with E-state index in [1.807, 2.05) is 11.3 Å². The first kappa shape index (κ1) is 10.7. The van der Waals surface area contributed by atoms with Gasteiger partial charge in [-0.1, -0.05) is 13.8 Å². The highest BCUT2D eigenvalue weighted by Gasteiger charge is 2.08. The molecule has 1 heterocycles. The van der Waals surface area contributed by atoms with Gasteiger partial charge in [0, 0.05) is 10.9 Å². The van der Waals surface area contributed by atoms with Gasteiger partial charge in [-0.25, -0.2) is 0 Å². The molecule has 0 aromatic carbocycles. The van der Waals surface area contributed by atoms with E-state index >= 15 is 0 Å². The van der Waals surface area contributed by atoms with Crippen LogP contribution < -0.4 is 5.73 Å². The lowest BCUT2D eigenvalue weighted by Gasteiger charge is -2.14. The molecule has 74 valence electrons. The molecule has 0 aliphatic heterocycles. The Labute approximate surface area is 85.0 Å². The van der Waals surface area contributed by atoms with E-state index in [4.69, 9.17) is 5.73 Å². The number of thiophene rings is 1. The van der Waals surface area contributed by atoms with E-state index in [1.54, 1.807) is 0 Å². The van der Waals surface area contributed by atoms with Crippen molar-refractivity contribution in [1.82, 2.24) is 0 Å². The Morgan fingerprint density at radius 2 is 2.15 bits per heavy atom. The SMILES string of the molecule is Cc1sccc1CCC(N)C(C)C. The molecule has 0 aliphatic rings. The lowest BCUT2D eigenvalue weighted by atomic mass is 9.98. The lowest BCUT2D eigenvalue weighted by Crippen LogP contribution is -2.26. The summed E-state index contributed by atoms with van der Waals surface area (Å²) >= 11 is 1.82. The largest absolute Gasteiger partial charge is 0.327 e. The van der Waals surface area contributed by atoms with Gasteiger partial charge in [0.25, 0.3) is 0 Å². The molecule has 0 amide bonds. The van der Waals surface area contributed by atoms with Gasteiger partial charge in [0.1, 0.15) is 0 Å². The first-order chi connectivity index (χ1) is 6.11. The van der Waals surface area contributed by atoms with Crippen molar-refractivity contribution >= 4 is 11.3 Å². The predicted molar refractivity (Wildman–Crippen MR) is 60.2 cm³/mol. The Bertz CT molecular complexity index is 252. The molecule has 1 unspecified atom stereocenters. The van der Waals surface area contributed by atoms with Crippen LogP contribution in [0, 0.1) is 12.8 Å². The van der Waals surface area contributed by atoms with Crippen molar-refractivity contribution < 1.29 is 0 Å². The monoisotopic (exact) mass is 197 g/mol. The fourth-order valence-corrected chi connectivity index (χ4v) is 2.08. The highest BCUT2D eigenvalue weighted by Crippen LogP contribution is 2.18. The molecule has 1 nitrogen and oxygen atoms in total. The average molecular weight is 197 g/mol. The third-order valence-electron chi connectivity index (χ3n) is 2.57. The third-order valence-corrected chi connectivity index (χ3v) is 3.46. The van der Waals surface area contributed by atoms with Crippen molar-refractivity contribution in [3.63, 3.8) is 0 Å². The van der Waals surface area contributed by atoms with Gasteiger partial charge >= 0.3 is 0 Å². The van der Waals surface area contributed by atoms with Crippen LogP contribution in [0.15, 0.2) is 11.4 Å². The summed E-state index contributed by atoms with van der Waals surface area (Å²) in [6, 6.07) is 2.56. The summed E-state index contributed by atoms with van der Waals surface area (Å²) < 4.78 is 0. The van der Waals surface area contributed by atoms with Crippen molar-refractivity contribution in [1.29, 1.82) is 0 Å². The molecule has 0 radical (unpaired) electrons. The summed E-state index contributed by atoms with van der Waals surface area (Å²) in [5.41, 5.74) is 7.46. The van der Waals surface area contributed by atoms with Crippen LogP contribution in [0.25, 0.3) is 0 Å². The minimum absolute atomic E-state index is 0.347. The van der Waals surface area contributed by atoms with Crippen molar-refractivity contribution in [3.05, 3.63) is 21.9 Å². The minimum atomic E-state index is 0.347. The maximum atomic E-state index is 5.99. The van der Waals surface area contributed by atoms with Crippen LogP contribution in [0.5, 0.6) is 0 Å². The van der Waals surface area contributed by atoms with E-state index in [2.05, 4.69) is 32.2 Å². The number of hydrogen-bond donors (Lipinski definition) is 1. The topological polar surface area (TPSA) is 26.0 Å². The smallest absolute Gasteiger partial charge is 0.00650 e. The van der Waals surface area contributed by atoms with Crippen LogP contribution in [0.4, 0.5) is 0 Å². The van der Waals surface area contributed by atoms with E-state index in [0.29, 0.717) is 12.0 Å². The number of hydrogen-bond acceptors (Lipinski definition) is 2. The maximum absolute atomic E-state index is 5.99. The Morgan fingerprint density at radius 3 is 2.62 bits per heavy atom. The third kappa shape index (κ3) is 3.12. The van der Waals surface area contributed by atoms with Crippen LogP contribution in [-0.2, 0) is 6.42 Å². The summed E-state index contributed by atoms with van der Waals surface area (Å²) in [5.74, 6) is 0.596. The van der Waals surface area contributed by atoms with Gasteiger partial charge < -0.3 is 5.73 Å². The normalized spacial score (nSPS) is 13.6. The van der Waals surface area contributed by atoms with Crippen molar-refractivity contribution in [2.24, 2.45) is 11.7 Å². The highest BCUT2D eigenvalue weighted by molar-refractivity contribution is 7.10. The Morgan fingerprint density at radius 1 is 1.46 bits per heavy atom. The molecule has 0 bridgehead atoms. The standard InChI is InChI=1S/C11H19NS/c1-8(2)11(12)5-4-10-6-7-13-9(10)3/h6-8,11H,4-5,12H2,1-3H3. The zero-order valence-corrected chi connectivity index (χ0v) is 9.53. The number of aryl methyl sites for hydroxylation is 2. The summed E-state index contributed by atoms with van der Waals surface area (Å²) in [6.07, 6.45) is 2.24. The second-order valence-electron chi connectivity index (χ2n) is 3.95. The summed E-state index contributed by atoms with van der Waals surface area (Å²) in [4.78, 5) is 1.44. The van der Waals surface area contributed by atoms with Gasteiger partial charge in [0.2, 0.25) is 0 Å². The molecule has 0 saturated carbocycles. The van der Waals surface area contributed by atoms with Crippen LogP contribution in [0.1, 0.15) is 30.7 Å². The molecule has 2 N–H and O–H groups in total. The molecule has 1 aromatic rings. The Kier molecular flexibility index (Phi) is 3.94. The number of rotatable bonds is 4. The van der Waals surface area contributed by atoms with Crippen molar-refractivity contribution in [2.45, 2.75) is 39.7 Å². The fourth-order valence-electron chi connectivity index (χ4n) is 1.33. The van der Waals surface area contributed by atoms with Crippen LogP contribution in [-0.4, -0.2) is 6.04 Å². The molecule has 0 spiro atoms. The Hall–Kier alpha value is -0.340. The van der Waals surface area contributed by atoms with E-state index in [0.717, 1.165) is 12.8 Å². The zero-order valence-electron chi connectivity index (χ0n) is 8.71. The van der Waals surface area contributed by atoms with Gasteiger partial charge in [-0.3, -0.25) is 0 Å². The minimum Gasteiger partial charge on any atom is -0.327 e. The van der Waals surface area contributed by atoms with Gasteiger partial charge in [0.05, 0.1) is 0 Å². The van der Waals surface area contributed by atoms with Gasteiger partial charge in [0.15, 0.2) is 0 Å². The van der Waals surface area contributed by atoms with E-state index in [1.165, 1.54) is 10.4 Å². The molecular formula is C11H19NS. The van der Waals surface area contributed by atoms with E-state index in [-0.39, 0.29) is 0 Å². The molecule has 13 heavy (non-hydrogen) atoms. The van der Waals surface area contributed by atoms with Crippen molar-refractivity contribution in [2.75, 3.05) is 0 Å². The molecule has 0 aliphatic carbocycles. The van der Waals surface area contributed by atoms with Gasteiger partial charge in [-0.15, -0.1) is 11.3 Å². The zero-order chi connectivity index (χ0) is 9.84. The average Bonchev–Trinajstić information content (AvgIpc) is 2.47. The molecule has 0 saturated heterocycles. The van der Waals surface area contributed by atoms with Crippen LogP contribution >= 0.6 is 11.3 Å². The van der Waals surface area contributed by atoms with Crippen molar-refractivity contribution in [3.8, 4) is 0 Å². The molecule has 1 rings (SSSR count). The lowest BCUT2D eigenvalue weighted by molar-refractivity contribution is 0.464. The first-order valence-corrected chi connectivity index (χ1v) is 5.77. The number of nitrogens with two attached hydrogens (primary N) is 1. The predicted octanol–water partition coefficient (Wildman–Crippen LogP) is 2.97. The first-order valence-electron chi connectivity index (χ1n) is 4.90. The van der Waals surface area contributed by atoms with E-state index in [9.17, 15) is 0 Å². The van der Waals surface area contributed by atoms with Gasteiger partial charge in [-0.05, 0) is 42.7 Å². The van der Waals surface area contributed by atoms with Crippen LogP contribution in [0.2, 0.25) is 0 Å². The van der Waals surface area contributed by atoms with E-state index < -0.39 is 0 Å². The highest BCUT2D eigenvalue weighted by atomic mass is 32.1. The molecule has 1 aromatic heterocycles. The quantitative estimate of drug-likeness (QED) is 0.789.